The summed E-state index contributed by atoms with van der Waals surface area (Å²) in [5, 5.41) is 7.95. The van der Waals surface area contributed by atoms with Gasteiger partial charge in [0.2, 0.25) is 0 Å². The van der Waals surface area contributed by atoms with Crippen LogP contribution in [-0.4, -0.2) is 23.8 Å². The number of rotatable bonds is 1. The lowest BCUT2D eigenvalue weighted by atomic mass is 10.1. The van der Waals surface area contributed by atoms with E-state index < -0.39 is 0 Å². The molecule has 1 fully saturated rings. The van der Waals surface area contributed by atoms with Crippen molar-refractivity contribution in [1.82, 2.24) is 4.90 Å². The van der Waals surface area contributed by atoms with Crippen molar-refractivity contribution < 1.29 is 4.39 Å². The summed E-state index contributed by atoms with van der Waals surface area (Å²) in [7, 11) is 0. The molecule has 0 unspecified atom stereocenters. The molecular weight excluding hydrogens is 191 g/mol. The Morgan fingerprint density at radius 2 is 2.00 bits per heavy atom. The van der Waals surface area contributed by atoms with Crippen molar-refractivity contribution in [3.63, 3.8) is 0 Å². The monoisotopic (exact) mass is 206 g/mol. The molecule has 2 rings (SSSR count). The highest BCUT2D eigenvalue weighted by Gasteiger charge is 2.16. The number of hydrogen-bond donors (Lipinski definition) is 1. The molecule has 1 aromatic carbocycles. The first-order valence-electron chi connectivity index (χ1n) is 5.28. The number of hydrogen-bond acceptors (Lipinski definition) is 1. The minimum absolute atomic E-state index is 0.226. The summed E-state index contributed by atoms with van der Waals surface area (Å²) in [5.74, 6) is 0.225. The smallest absolute Gasteiger partial charge is 0.128 e. The van der Waals surface area contributed by atoms with Gasteiger partial charge in [-0.25, -0.2) is 4.39 Å². The first kappa shape index (κ1) is 10.1. The highest BCUT2D eigenvalue weighted by molar-refractivity contribution is 5.96. The lowest BCUT2D eigenvalue weighted by Crippen LogP contribution is -2.27. The number of amidine groups is 1. The van der Waals surface area contributed by atoms with Crippen molar-refractivity contribution >= 4 is 5.84 Å². The molecule has 0 bridgehead atoms. The number of nitrogens with one attached hydrogen (secondary N) is 1. The van der Waals surface area contributed by atoms with Crippen LogP contribution in [0.3, 0.4) is 0 Å². The van der Waals surface area contributed by atoms with Gasteiger partial charge in [-0.2, -0.15) is 0 Å². The van der Waals surface area contributed by atoms with E-state index in [-0.39, 0.29) is 5.82 Å². The van der Waals surface area contributed by atoms with E-state index in [2.05, 4.69) is 0 Å². The van der Waals surface area contributed by atoms with E-state index >= 15 is 0 Å². The van der Waals surface area contributed by atoms with Crippen molar-refractivity contribution in [2.24, 2.45) is 0 Å². The fourth-order valence-electron chi connectivity index (χ4n) is 1.86. The molecule has 15 heavy (non-hydrogen) atoms. The van der Waals surface area contributed by atoms with E-state index in [4.69, 9.17) is 5.41 Å². The van der Waals surface area contributed by atoms with Crippen LogP contribution in [0, 0.1) is 18.2 Å². The SMILES string of the molecule is Cc1ccc(C(=N)N2CCCC2)cc1F. The Bertz CT molecular complexity index is 381. The van der Waals surface area contributed by atoms with E-state index in [0.717, 1.165) is 25.9 Å². The van der Waals surface area contributed by atoms with Crippen LogP contribution in [0.25, 0.3) is 0 Å². The van der Waals surface area contributed by atoms with Gasteiger partial charge in [-0.15, -0.1) is 0 Å². The Morgan fingerprint density at radius 1 is 1.33 bits per heavy atom. The number of benzene rings is 1. The van der Waals surface area contributed by atoms with Gasteiger partial charge in [0.1, 0.15) is 11.7 Å². The Labute approximate surface area is 89.2 Å². The molecule has 0 atom stereocenters. The molecule has 0 aliphatic carbocycles. The van der Waals surface area contributed by atoms with Crippen LogP contribution >= 0.6 is 0 Å². The second-order valence-electron chi connectivity index (χ2n) is 4.01. The highest BCUT2D eigenvalue weighted by atomic mass is 19.1. The minimum Gasteiger partial charge on any atom is -0.357 e. The average Bonchev–Trinajstić information content (AvgIpc) is 2.74. The predicted octanol–water partition coefficient (Wildman–Crippen LogP) is 2.56. The zero-order chi connectivity index (χ0) is 10.8. The van der Waals surface area contributed by atoms with Crippen molar-refractivity contribution in [3.05, 3.63) is 35.1 Å². The maximum absolute atomic E-state index is 13.3. The summed E-state index contributed by atoms with van der Waals surface area (Å²) in [4.78, 5) is 2.00. The number of halogens is 1. The van der Waals surface area contributed by atoms with E-state index in [9.17, 15) is 4.39 Å². The molecule has 0 aromatic heterocycles. The third-order valence-electron chi connectivity index (χ3n) is 2.87. The molecule has 1 aromatic rings. The Morgan fingerprint density at radius 3 is 2.60 bits per heavy atom. The van der Waals surface area contributed by atoms with Gasteiger partial charge in [0.05, 0.1) is 0 Å². The van der Waals surface area contributed by atoms with E-state index in [1.807, 2.05) is 11.0 Å². The third-order valence-corrected chi connectivity index (χ3v) is 2.87. The van der Waals surface area contributed by atoms with Gasteiger partial charge in [0.15, 0.2) is 0 Å². The Kier molecular flexibility index (Phi) is 2.71. The number of aryl methyl sites for hydroxylation is 1. The molecular formula is C12H15FN2. The lowest BCUT2D eigenvalue weighted by molar-refractivity contribution is 0.516. The number of likely N-dealkylation sites (tertiary alicyclic amines) is 1. The molecule has 2 nitrogen and oxygen atoms in total. The van der Waals surface area contributed by atoms with Crippen molar-refractivity contribution in [1.29, 1.82) is 5.41 Å². The van der Waals surface area contributed by atoms with E-state index in [1.54, 1.807) is 13.0 Å². The molecule has 1 aliphatic heterocycles. The fraction of sp³-hybridized carbons (Fsp3) is 0.417. The molecule has 1 saturated heterocycles. The van der Waals surface area contributed by atoms with Gasteiger partial charge in [-0.1, -0.05) is 12.1 Å². The summed E-state index contributed by atoms with van der Waals surface area (Å²) in [5.41, 5.74) is 1.31. The van der Waals surface area contributed by atoms with Crippen LogP contribution in [0.1, 0.15) is 24.0 Å². The highest BCUT2D eigenvalue weighted by Crippen LogP contribution is 2.15. The van der Waals surface area contributed by atoms with Gasteiger partial charge in [0.25, 0.3) is 0 Å². The van der Waals surface area contributed by atoms with Crippen LogP contribution in [0.15, 0.2) is 18.2 Å². The van der Waals surface area contributed by atoms with Gasteiger partial charge in [-0.05, 0) is 31.4 Å². The summed E-state index contributed by atoms with van der Waals surface area (Å²) in [6, 6.07) is 5.00. The molecule has 0 saturated carbocycles. The molecule has 0 radical (unpaired) electrons. The molecule has 1 aliphatic rings. The summed E-state index contributed by atoms with van der Waals surface area (Å²) in [6.07, 6.45) is 2.27. The summed E-state index contributed by atoms with van der Waals surface area (Å²) < 4.78 is 13.3. The zero-order valence-electron chi connectivity index (χ0n) is 8.89. The normalized spacial score (nSPS) is 15.7. The second kappa shape index (κ2) is 4.01. The number of nitrogens with zero attached hydrogens (tertiary/aromatic N) is 1. The van der Waals surface area contributed by atoms with Crippen LogP contribution in [0.4, 0.5) is 4.39 Å². The summed E-state index contributed by atoms with van der Waals surface area (Å²) >= 11 is 0. The topological polar surface area (TPSA) is 27.1 Å². The average molecular weight is 206 g/mol. The minimum atomic E-state index is -0.226. The fourth-order valence-corrected chi connectivity index (χ4v) is 1.86. The molecule has 80 valence electrons. The summed E-state index contributed by atoms with van der Waals surface area (Å²) in [6.45, 7) is 3.58. The molecule has 0 amide bonds. The maximum atomic E-state index is 13.3. The standard InChI is InChI=1S/C12H15FN2/c1-9-4-5-10(8-11(9)13)12(14)15-6-2-3-7-15/h4-5,8,14H,2-3,6-7H2,1H3. The van der Waals surface area contributed by atoms with Gasteiger partial charge in [-0.3, -0.25) is 5.41 Å². The molecule has 0 spiro atoms. The Balaban J connectivity index is 2.21. The van der Waals surface area contributed by atoms with Crippen LogP contribution < -0.4 is 0 Å². The Hall–Kier alpha value is -1.38. The first-order chi connectivity index (χ1) is 7.18. The third kappa shape index (κ3) is 2.01. The van der Waals surface area contributed by atoms with Crippen molar-refractivity contribution in [3.8, 4) is 0 Å². The quantitative estimate of drug-likeness (QED) is 0.555. The first-order valence-corrected chi connectivity index (χ1v) is 5.28. The molecule has 3 heteroatoms. The molecule has 1 N–H and O–H groups in total. The van der Waals surface area contributed by atoms with E-state index in [0.29, 0.717) is 17.0 Å². The van der Waals surface area contributed by atoms with Crippen LogP contribution in [-0.2, 0) is 0 Å². The zero-order valence-corrected chi connectivity index (χ0v) is 8.89. The van der Waals surface area contributed by atoms with Gasteiger partial charge >= 0.3 is 0 Å². The van der Waals surface area contributed by atoms with Gasteiger partial charge < -0.3 is 4.90 Å². The van der Waals surface area contributed by atoms with Crippen molar-refractivity contribution in [2.75, 3.05) is 13.1 Å². The molecule has 1 heterocycles. The van der Waals surface area contributed by atoms with E-state index in [1.165, 1.54) is 6.07 Å². The maximum Gasteiger partial charge on any atom is 0.128 e. The lowest BCUT2D eigenvalue weighted by Gasteiger charge is -2.18. The van der Waals surface area contributed by atoms with Crippen LogP contribution in [0.5, 0.6) is 0 Å². The van der Waals surface area contributed by atoms with Gasteiger partial charge in [0, 0.05) is 18.7 Å². The second-order valence-corrected chi connectivity index (χ2v) is 4.01. The van der Waals surface area contributed by atoms with Crippen molar-refractivity contribution in [2.45, 2.75) is 19.8 Å². The van der Waals surface area contributed by atoms with Crippen LogP contribution in [0.2, 0.25) is 0 Å². The predicted molar refractivity (Wildman–Crippen MR) is 58.8 cm³/mol. The largest absolute Gasteiger partial charge is 0.357 e.